The van der Waals surface area contributed by atoms with E-state index in [1.165, 1.54) is 13.2 Å². The molecule has 0 aromatic carbocycles. The van der Waals surface area contributed by atoms with Gasteiger partial charge in [0.05, 0.1) is 23.4 Å². The number of carbonyl (C=O) groups is 1. The van der Waals surface area contributed by atoms with Gasteiger partial charge in [0.2, 0.25) is 5.88 Å². The van der Waals surface area contributed by atoms with E-state index in [-0.39, 0.29) is 11.4 Å². The van der Waals surface area contributed by atoms with Gasteiger partial charge in [0.15, 0.2) is 0 Å². The summed E-state index contributed by atoms with van der Waals surface area (Å²) in [6.45, 7) is 0. The first-order chi connectivity index (χ1) is 7.51. The van der Waals surface area contributed by atoms with Gasteiger partial charge in [-0.2, -0.15) is 0 Å². The third kappa shape index (κ3) is 2.57. The average Bonchev–Trinajstić information content (AvgIpc) is 2.27. The smallest absolute Gasteiger partial charge is 0.339 e. The number of methoxy groups -OCH3 is 2. The maximum Gasteiger partial charge on any atom is 0.339 e. The van der Waals surface area contributed by atoms with Gasteiger partial charge < -0.3 is 9.47 Å². The van der Waals surface area contributed by atoms with Crippen molar-refractivity contribution in [2.24, 2.45) is 0 Å². The van der Waals surface area contributed by atoms with E-state index in [9.17, 15) is 13.6 Å². The molecule has 16 heavy (non-hydrogen) atoms. The molecule has 1 aromatic rings. The molecule has 0 saturated heterocycles. The molecule has 1 aromatic heterocycles. The topological polar surface area (TPSA) is 48.4 Å². The number of pyridine rings is 1. The highest BCUT2D eigenvalue weighted by Crippen LogP contribution is 2.28. The number of hydrogen-bond donors (Lipinski definition) is 0. The lowest BCUT2D eigenvalue weighted by molar-refractivity contribution is 0.0586. The minimum absolute atomic E-state index is 0.0588. The lowest BCUT2D eigenvalue weighted by atomic mass is 10.2. The Morgan fingerprint density at radius 1 is 1.50 bits per heavy atom. The van der Waals surface area contributed by atoms with Crippen molar-refractivity contribution in [3.8, 4) is 5.88 Å². The molecule has 0 fully saturated rings. The fourth-order valence-corrected chi connectivity index (χ4v) is 1.72. The SMILES string of the molecule is COC(=O)c1cc(I)c(OC)nc1C(F)F. The first kappa shape index (κ1) is 13.1. The van der Waals surface area contributed by atoms with E-state index in [4.69, 9.17) is 4.74 Å². The monoisotopic (exact) mass is 343 g/mol. The summed E-state index contributed by atoms with van der Waals surface area (Å²) in [5.41, 5.74) is -0.883. The molecule has 0 N–H and O–H groups in total. The molecule has 0 aliphatic rings. The van der Waals surface area contributed by atoms with Crippen LogP contribution in [0.25, 0.3) is 0 Å². The summed E-state index contributed by atoms with van der Waals surface area (Å²) >= 11 is 1.84. The number of ether oxygens (including phenoxy) is 2. The Balaban J connectivity index is 3.36. The molecule has 0 aliphatic heterocycles. The summed E-state index contributed by atoms with van der Waals surface area (Å²) in [4.78, 5) is 14.8. The van der Waals surface area contributed by atoms with Crippen LogP contribution in [0.3, 0.4) is 0 Å². The van der Waals surface area contributed by atoms with E-state index in [1.807, 2.05) is 22.6 Å². The number of nitrogens with zero attached hydrogens (tertiary/aromatic N) is 1. The van der Waals surface area contributed by atoms with Crippen LogP contribution in [0.5, 0.6) is 5.88 Å². The van der Waals surface area contributed by atoms with E-state index >= 15 is 0 Å². The molecule has 0 radical (unpaired) electrons. The Hall–Kier alpha value is -0.990. The molecule has 1 heterocycles. The number of aromatic nitrogens is 1. The molecule has 4 nitrogen and oxygen atoms in total. The minimum atomic E-state index is -2.86. The molecule has 1 rings (SSSR count). The van der Waals surface area contributed by atoms with Crippen molar-refractivity contribution in [3.05, 3.63) is 20.9 Å². The van der Waals surface area contributed by atoms with Crippen LogP contribution in [-0.2, 0) is 4.74 Å². The van der Waals surface area contributed by atoms with Crippen LogP contribution in [-0.4, -0.2) is 25.2 Å². The number of halogens is 3. The average molecular weight is 343 g/mol. The zero-order valence-corrected chi connectivity index (χ0v) is 10.6. The Morgan fingerprint density at radius 3 is 2.56 bits per heavy atom. The van der Waals surface area contributed by atoms with Crippen molar-refractivity contribution in [3.63, 3.8) is 0 Å². The predicted octanol–water partition coefficient (Wildman–Crippen LogP) is 2.42. The van der Waals surface area contributed by atoms with Gasteiger partial charge >= 0.3 is 5.97 Å². The van der Waals surface area contributed by atoms with Crippen molar-refractivity contribution in [1.82, 2.24) is 4.98 Å². The number of alkyl halides is 2. The molecule has 0 unspecified atom stereocenters. The van der Waals surface area contributed by atoms with Gasteiger partial charge in [-0.25, -0.2) is 18.6 Å². The molecule has 0 saturated carbocycles. The van der Waals surface area contributed by atoms with E-state index in [0.29, 0.717) is 3.57 Å². The summed E-state index contributed by atoms with van der Waals surface area (Å²) in [6, 6.07) is 1.26. The van der Waals surface area contributed by atoms with E-state index < -0.39 is 18.1 Å². The summed E-state index contributed by atoms with van der Waals surface area (Å²) in [7, 11) is 2.44. The van der Waals surface area contributed by atoms with Crippen molar-refractivity contribution >= 4 is 28.6 Å². The van der Waals surface area contributed by atoms with Crippen LogP contribution in [0.2, 0.25) is 0 Å². The lowest BCUT2D eigenvalue weighted by Gasteiger charge is -2.09. The Bertz CT molecular complexity index is 412. The zero-order valence-electron chi connectivity index (χ0n) is 8.46. The van der Waals surface area contributed by atoms with Crippen molar-refractivity contribution in [2.75, 3.05) is 14.2 Å². The zero-order chi connectivity index (χ0) is 12.3. The van der Waals surface area contributed by atoms with Gasteiger partial charge in [-0.15, -0.1) is 0 Å². The lowest BCUT2D eigenvalue weighted by Crippen LogP contribution is -2.10. The van der Waals surface area contributed by atoms with Crippen molar-refractivity contribution < 1.29 is 23.0 Å². The van der Waals surface area contributed by atoms with Crippen LogP contribution >= 0.6 is 22.6 Å². The van der Waals surface area contributed by atoms with Crippen molar-refractivity contribution in [2.45, 2.75) is 6.43 Å². The van der Waals surface area contributed by atoms with Crippen LogP contribution in [0.15, 0.2) is 6.07 Å². The van der Waals surface area contributed by atoms with E-state index in [0.717, 1.165) is 7.11 Å². The second-order valence-electron chi connectivity index (χ2n) is 2.70. The molecule has 0 amide bonds. The first-order valence-electron chi connectivity index (χ1n) is 4.12. The quantitative estimate of drug-likeness (QED) is 0.625. The Labute approximate surface area is 104 Å². The second kappa shape index (κ2) is 5.37. The summed E-state index contributed by atoms with van der Waals surface area (Å²) in [5.74, 6) is -0.785. The molecule has 7 heteroatoms. The number of rotatable bonds is 3. The fourth-order valence-electron chi connectivity index (χ4n) is 1.07. The summed E-state index contributed by atoms with van der Waals surface area (Å²) < 4.78 is 35.0. The maximum atomic E-state index is 12.6. The summed E-state index contributed by atoms with van der Waals surface area (Å²) in [5, 5.41) is 0. The molecular formula is C9H8F2INO3. The third-order valence-electron chi connectivity index (χ3n) is 1.78. The van der Waals surface area contributed by atoms with Gasteiger partial charge in [-0.05, 0) is 28.7 Å². The van der Waals surface area contributed by atoms with E-state index in [2.05, 4.69) is 9.72 Å². The largest absolute Gasteiger partial charge is 0.480 e. The third-order valence-corrected chi connectivity index (χ3v) is 2.55. The van der Waals surface area contributed by atoms with Gasteiger partial charge in [-0.3, -0.25) is 0 Å². The van der Waals surface area contributed by atoms with Gasteiger partial charge in [0.25, 0.3) is 6.43 Å². The van der Waals surface area contributed by atoms with Crippen LogP contribution in [0.1, 0.15) is 22.5 Å². The number of carbonyl (C=O) groups excluding carboxylic acids is 1. The molecule has 0 spiro atoms. The summed E-state index contributed by atoms with van der Waals surface area (Å²) in [6.07, 6.45) is -2.86. The standard InChI is InChI=1S/C9H8F2INO3/c1-15-8-5(12)3-4(9(14)16-2)6(13-8)7(10)11/h3,7H,1-2H3. The maximum absolute atomic E-state index is 12.6. The first-order valence-corrected chi connectivity index (χ1v) is 5.20. The number of hydrogen-bond acceptors (Lipinski definition) is 4. The van der Waals surface area contributed by atoms with Gasteiger partial charge in [-0.1, -0.05) is 0 Å². The van der Waals surface area contributed by atoms with Gasteiger partial charge in [0.1, 0.15) is 5.69 Å². The molecule has 0 atom stereocenters. The Morgan fingerprint density at radius 2 is 2.12 bits per heavy atom. The minimum Gasteiger partial charge on any atom is -0.480 e. The van der Waals surface area contributed by atoms with E-state index in [1.54, 1.807) is 0 Å². The number of esters is 1. The second-order valence-corrected chi connectivity index (χ2v) is 3.87. The highest BCUT2D eigenvalue weighted by molar-refractivity contribution is 14.1. The molecular weight excluding hydrogens is 335 g/mol. The Kier molecular flexibility index (Phi) is 4.39. The predicted molar refractivity (Wildman–Crippen MR) is 59.8 cm³/mol. The van der Waals surface area contributed by atoms with Crippen LogP contribution in [0.4, 0.5) is 8.78 Å². The molecule has 0 bridgehead atoms. The fraction of sp³-hybridized carbons (Fsp3) is 0.333. The van der Waals surface area contributed by atoms with Crippen LogP contribution in [0, 0.1) is 3.57 Å². The molecule has 0 aliphatic carbocycles. The normalized spacial score (nSPS) is 10.4. The molecule has 88 valence electrons. The highest BCUT2D eigenvalue weighted by Gasteiger charge is 2.23. The highest BCUT2D eigenvalue weighted by atomic mass is 127. The van der Waals surface area contributed by atoms with Crippen molar-refractivity contribution in [1.29, 1.82) is 0 Å². The van der Waals surface area contributed by atoms with Crippen LogP contribution < -0.4 is 4.74 Å². The van der Waals surface area contributed by atoms with Gasteiger partial charge in [0, 0.05) is 0 Å².